The molecular weight excluding hydrogens is 274 g/mol. The van der Waals surface area contributed by atoms with Crippen LogP contribution in [0.25, 0.3) is 0 Å². The molecule has 0 bridgehead atoms. The van der Waals surface area contributed by atoms with Gasteiger partial charge in [0.2, 0.25) is 0 Å². The first-order valence-corrected chi connectivity index (χ1v) is 7.01. The highest BCUT2D eigenvalue weighted by atomic mass is 19.2. The predicted molar refractivity (Wildman–Crippen MR) is 75.0 cm³/mol. The Morgan fingerprint density at radius 1 is 1.10 bits per heavy atom. The number of aryl methyl sites for hydroxylation is 1. The first-order valence-electron chi connectivity index (χ1n) is 7.01. The normalized spacial score (nSPS) is 17.4. The number of rotatable bonds is 3. The van der Waals surface area contributed by atoms with Crippen molar-refractivity contribution in [2.24, 2.45) is 0 Å². The fourth-order valence-corrected chi connectivity index (χ4v) is 2.64. The first-order chi connectivity index (χ1) is 10.1. The molecule has 1 aliphatic carbocycles. The van der Waals surface area contributed by atoms with Gasteiger partial charge in [0.25, 0.3) is 0 Å². The Balaban J connectivity index is 1.73. The Kier molecular flexibility index (Phi) is 3.88. The van der Waals surface area contributed by atoms with Crippen LogP contribution in [0.15, 0.2) is 36.4 Å². The molecule has 0 saturated heterocycles. The van der Waals surface area contributed by atoms with Gasteiger partial charge in [0.15, 0.2) is 11.6 Å². The smallest absolute Gasteiger partial charge is 0.159 e. The molecule has 0 radical (unpaired) electrons. The predicted octanol–water partition coefficient (Wildman–Crippen LogP) is 3.91. The molecule has 1 aliphatic rings. The van der Waals surface area contributed by atoms with Gasteiger partial charge in [-0.1, -0.05) is 12.1 Å². The minimum atomic E-state index is -0.878. The fourth-order valence-electron chi connectivity index (χ4n) is 2.64. The summed E-state index contributed by atoms with van der Waals surface area (Å²) in [5.41, 5.74) is 2.62. The standard InChI is InChI=1S/C17H16F2O2/c18-15-7-4-11(8-16(15)19)10-21-13-6-5-12-2-1-3-17(20)14(12)9-13/h4-9,17,20H,1-3,10H2/t17-/m1/s1. The van der Waals surface area contributed by atoms with Gasteiger partial charge in [-0.2, -0.15) is 0 Å². The van der Waals surface area contributed by atoms with Crippen molar-refractivity contribution < 1.29 is 18.6 Å². The molecule has 3 rings (SSSR count). The molecule has 0 spiro atoms. The maximum absolute atomic E-state index is 13.1. The lowest BCUT2D eigenvalue weighted by molar-refractivity contribution is 0.156. The lowest BCUT2D eigenvalue weighted by atomic mass is 9.89. The Morgan fingerprint density at radius 3 is 2.76 bits per heavy atom. The van der Waals surface area contributed by atoms with Gasteiger partial charge in [0.05, 0.1) is 6.10 Å². The average Bonchev–Trinajstić information content (AvgIpc) is 2.49. The minimum Gasteiger partial charge on any atom is -0.489 e. The number of halogens is 2. The van der Waals surface area contributed by atoms with E-state index in [4.69, 9.17) is 4.74 Å². The molecule has 2 aromatic carbocycles. The van der Waals surface area contributed by atoms with E-state index in [0.717, 1.165) is 42.5 Å². The van der Waals surface area contributed by atoms with E-state index in [2.05, 4.69) is 0 Å². The van der Waals surface area contributed by atoms with E-state index in [1.807, 2.05) is 18.2 Å². The van der Waals surface area contributed by atoms with Gasteiger partial charge in [-0.15, -0.1) is 0 Å². The quantitative estimate of drug-likeness (QED) is 0.928. The van der Waals surface area contributed by atoms with Crippen LogP contribution in [-0.2, 0) is 13.0 Å². The average molecular weight is 290 g/mol. The van der Waals surface area contributed by atoms with Crippen LogP contribution in [0.2, 0.25) is 0 Å². The van der Waals surface area contributed by atoms with Crippen LogP contribution < -0.4 is 4.74 Å². The molecular formula is C17H16F2O2. The minimum absolute atomic E-state index is 0.159. The van der Waals surface area contributed by atoms with Gasteiger partial charge < -0.3 is 9.84 Å². The molecule has 0 fully saturated rings. The number of fused-ring (bicyclic) bond motifs is 1. The van der Waals surface area contributed by atoms with Crippen molar-refractivity contribution in [3.63, 3.8) is 0 Å². The molecule has 0 aliphatic heterocycles. The van der Waals surface area contributed by atoms with Crippen LogP contribution in [-0.4, -0.2) is 5.11 Å². The fraction of sp³-hybridized carbons (Fsp3) is 0.294. The van der Waals surface area contributed by atoms with E-state index >= 15 is 0 Å². The largest absolute Gasteiger partial charge is 0.489 e. The monoisotopic (exact) mass is 290 g/mol. The Morgan fingerprint density at radius 2 is 1.95 bits per heavy atom. The Bertz CT molecular complexity index is 655. The molecule has 0 saturated carbocycles. The SMILES string of the molecule is O[C@@H]1CCCc2ccc(OCc3ccc(F)c(F)c3)cc21. The van der Waals surface area contributed by atoms with Gasteiger partial charge in [-0.25, -0.2) is 8.78 Å². The van der Waals surface area contributed by atoms with E-state index < -0.39 is 17.7 Å². The number of aliphatic hydroxyl groups excluding tert-OH is 1. The van der Waals surface area contributed by atoms with E-state index in [1.165, 1.54) is 6.07 Å². The third-order valence-corrected chi connectivity index (χ3v) is 3.79. The van der Waals surface area contributed by atoms with E-state index in [1.54, 1.807) is 0 Å². The Labute approximate surface area is 122 Å². The van der Waals surface area contributed by atoms with Crippen molar-refractivity contribution in [2.75, 3.05) is 0 Å². The number of hydrogen-bond donors (Lipinski definition) is 1. The maximum atomic E-state index is 13.1. The molecule has 0 heterocycles. The zero-order valence-corrected chi connectivity index (χ0v) is 11.5. The number of benzene rings is 2. The molecule has 0 amide bonds. The summed E-state index contributed by atoms with van der Waals surface area (Å²) in [5, 5.41) is 9.99. The van der Waals surface area contributed by atoms with E-state index in [-0.39, 0.29) is 6.61 Å². The van der Waals surface area contributed by atoms with Crippen LogP contribution in [0.1, 0.15) is 35.6 Å². The molecule has 21 heavy (non-hydrogen) atoms. The molecule has 2 aromatic rings. The van der Waals surface area contributed by atoms with E-state index in [0.29, 0.717) is 11.3 Å². The summed E-state index contributed by atoms with van der Waals surface area (Å²) < 4.78 is 31.6. The van der Waals surface area contributed by atoms with Gasteiger partial charge >= 0.3 is 0 Å². The second-order valence-corrected chi connectivity index (χ2v) is 5.31. The topological polar surface area (TPSA) is 29.5 Å². The lowest BCUT2D eigenvalue weighted by Crippen LogP contribution is -2.09. The zero-order valence-electron chi connectivity index (χ0n) is 11.5. The van der Waals surface area contributed by atoms with Crippen molar-refractivity contribution in [2.45, 2.75) is 32.0 Å². The van der Waals surface area contributed by atoms with Crippen molar-refractivity contribution in [1.29, 1.82) is 0 Å². The lowest BCUT2D eigenvalue weighted by Gasteiger charge is -2.22. The van der Waals surface area contributed by atoms with Crippen molar-refractivity contribution in [3.8, 4) is 5.75 Å². The third-order valence-electron chi connectivity index (χ3n) is 3.79. The van der Waals surface area contributed by atoms with Crippen LogP contribution >= 0.6 is 0 Å². The molecule has 2 nitrogen and oxygen atoms in total. The second-order valence-electron chi connectivity index (χ2n) is 5.31. The molecule has 1 atom stereocenters. The van der Waals surface area contributed by atoms with E-state index in [9.17, 15) is 13.9 Å². The van der Waals surface area contributed by atoms with Crippen LogP contribution in [0.3, 0.4) is 0 Å². The van der Waals surface area contributed by atoms with Gasteiger partial charge in [0, 0.05) is 0 Å². The van der Waals surface area contributed by atoms with Crippen LogP contribution in [0.5, 0.6) is 5.75 Å². The first kappa shape index (κ1) is 14.0. The summed E-state index contributed by atoms with van der Waals surface area (Å²) >= 11 is 0. The Hall–Kier alpha value is -1.94. The highest BCUT2D eigenvalue weighted by Gasteiger charge is 2.18. The van der Waals surface area contributed by atoms with Gasteiger partial charge in [-0.05, 0) is 60.2 Å². The third kappa shape index (κ3) is 3.05. The van der Waals surface area contributed by atoms with Crippen molar-refractivity contribution in [1.82, 2.24) is 0 Å². The summed E-state index contributed by atoms with van der Waals surface area (Å²) in [6.07, 6.45) is 2.28. The molecule has 0 unspecified atom stereocenters. The van der Waals surface area contributed by atoms with Crippen LogP contribution in [0.4, 0.5) is 8.78 Å². The van der Waals surface area contributed by atoms with Gasteiger partial charge in [-0.3, -0.25) is 0 Å². The maximum Gasteiger partial charge on any atom is 0.159 e. The molecule has 0 aromatic heterocycles. The summed E-state index contributed by atoms with van der Waals surface area (Å²) in [7, 11) is 0. The van der Waals surface area contributed by atoms with Crippen molar-refractivity contribution in [3.05, 3.63) is 64.7 Å². The summed E-state index contributed by atoms with van der Waals surface area (Å²) in [4.78, 5) is 0. The number of hydrogen-bond acceptors (Lipinski definition) is 2. The van der Waals surface area contributed by atoms with Crippen LogP contribution in [0, 0.1) is 11.6 Å². The molecule has 4 heteroatoms. The second kappa shape index (κ2) is 5.82. The summed E-state index contributed by atoms with van der Waals surface area (Å²) in [6.45, 7) is 0.159. The number of ether oxygens (including phenoxy) is 1. The number of aliphatic hydroxyl groups is 1. The van der Waals surface area contributed by atoms with Crippen molar-refractivity contribution >= 4 is 0 Å². The zero-order chi connectivity index (χ0) is 14.8. The molecule has 110 valence electrons. The molecule has 1 N–H and O–H groups in total. The summed E-state index contributed by atoms with van der Waals surface area (Å²) in [5.74, 6) is -1.12. The summed E-state index contributed by atoms with van der Waals surface area (Å²) in [6, 6.07) is 9.34. The highest BCUT2D eigenvalue weighted by molar-refractivity contribution is 5.38. The highest BCUT2D eigenvalue weighted by Crippen LogP contribution is 2.32. The van der Waals surface area contributed by atoms with Gasteiger partial charge in [0.1, 0.15) is 12.4 Å².